The molecule has 1 aromatic rings. The van der Waals surface area contributed by atoms with E-state index in [1.165, 1.54) is 0 Å². The van der Waals surface area contributed by atoms with Crippen LogP contribution in [-0.4, -0.2) is 30.4 Å². The van der Waals surface area contributed by atoms with Gasteiger partial charge in [0.05, 0.1) is 8.45 Å². The van der Waals surface area contributed by atoms with Crippen LogP contribution in [0.2, 0.25) is 0 Å². The van der Waals surface area contributed by atoms with E-state index < -0.39 is 0 Å². The summed E-state index contributed by atoms with van der Waals surface area (Å²) in [6.45, 7) is 2.38. The van der Waals surface area contributed by atoms with Crippen LogP contribution in [0.5, 0.6) is 0 Å². The van der Waals surface area contributed by atoms with Gasteiger partial charge in [0.1, 0.15) is 0 Å². The topological polar surface area (TPSA) is 46.3 Å². The van der Waals surface area contributed by atoms with Crippen LogP contribution in [0.15, 0.2) is 11.4 Å². The molecule has 1 saturated heterocycles. The van der Waals surface area contributed by atoms with Gasteiger partial charge in [-0.1, -0.05) is 0 Å². The maximum Gasteiger partial charge on any atom is 0.254 e. The van der Waals surface area contributed by atoms with Gasteiger partial charge in [-0.25, -0.2) is 0 Å². The number of amides is 1. The molecule has 1 fully saturated rings. The first kappa shape index (κ1) is 15.2. The molecule has 1 aliphatic rings. The molecule has 1 aromatic heterocycles. The van der Waals surface area contributed by atoms with Crippen LogP contribution in [0, 0.1) is 8.80 Å². The second-order valence-electron chi connectivity index (χ2n) is 4.13. The van der Waals surface area contributed by atoms with Crippen molar-refractivity contribution in [2.24, 2.45) is 11.7 Å². The Balaban J connectivity index is 0.00000144. The maximum atomic E-state index is 12.2. The molecule has 2 heterocycles. The van der Waals surface area contributed by atoms with E-state index in [4.69, 9.17) is 5.73 Å². The Morgan fingerprint density at radius 1 is 1.65 bits per heavy atom. The minimum Gasteiger partial charge on any atom is -0.338 e. The number of nitrogens with two attached hydrogens (primary N) is 1. The van der Waals surface area contributed by atoms with Gasteiger partial charge in [-0.3, -0.25) is 4.79 Å². The highest BCUT2D eigenvalue weighted by molar-refractivity contribution is 14.1. The van der Waals surface area contributed by atoms with Gasteiger partial charge >= 0.3 is 0 Å². The largest absolute Gasteiger partial charge is 0.338 e. The second-order valence-corrected chi connectivity index (χ2v) is 6.94. The summed E-state index contributed by atoms with van der Waals surface area (Å²) < 4.78 is 1.16. The molecule has 0 aromatic carbocycles. The van der Waals surface area contributed by atoms with Crippen molar-refractivity contribution in [1.29, 1.82) is 0 Å². The summed E-state index contributed by atoms with van der Waals surface area (Å²) in [5, 5.41) is 1.94. The van der Waals surface area contributed by atoms with Gasteiger partial charge in [0, 0.05) is 18.5 Å². The number of carbonyl (C=O) groups excluding carboxylic acids is 1. The van der Waals surface area contributed by atoms with E-state index in [2.05, 4.69) is 22.6 Å². The molecule has 2 N–H and O–H groups in total. The Bertz CT molecular complexity index is 385. The minimum absolute atomic E-state index is 0. The van der Waals surface area contributed by atoms with E-state index in [9.17, 15) is 4.79 Å². The lowest BCUT2D eigenvalue weighted by molar-refractivity contribution is 0.0678. The molecule has 96 valence electrons. The van der Waals surface area contributed by atoms with Crippen LogP contribution in [0.3, 0.4) is 0 Å². The first-order chi connectivity index (χ1) is 7.70. The van der Waals surface area contributed by atoms with Crippen molar-refractivity contribution in [3.63, 3.8) is 0 Å². The van der Waals surface area contributed by atoms with Crippen LogP contribution < -0.4 is 5.73 Å². The van der Waals surface area contributed by atoms with Gasteiger partial charge in [0.15, 0.2) is 0 Å². The SMILES string of the molecule is Cl.NCC1CCCN(C(=O)c2csc(I)c2)C1. The van der Waals surface area contributed by atoms with Crippen molar-refractivity contribution in [3.05, 3.63) is 19.9 Å². The fourth-order valence-electron chi connectivity index (χ4n) is 2.05. The zero-order valence-electron chi connectivity index (χ0n) is 9.39. The summed E-state index contributed by atoms with van der Waals surface area (Å²) >= 11 is 3.86. The monoisotopic (exact) mass is 386 g/mol. The molecule has 1 aliphatic heterocycles. The van der Waals surface area contributed by atoms with Gasteiger partial charge in [-0.05, 0) is 54.0 Å². The summed E-state index contributed by atoms with van der Waals surface area (Å²) in [4.78, 5) is 14.1. The number of carbonyl (C=O) groups is 1. The first-order valence-corrected chi connectivity index (χ1v) is 7.40. The Kier molecular flexibility index (Phi) is 6.19. The average Bonchev–Trinajstić information content (AvgIpc) is 2.75. The van der Waals surface area contributed by atoms with E-state index in [-0.39, 0.29) is 18.3 Å². The van der Waals surface area contributed by atoms with Crippen LogP contribution in [-0.2, 0) is 0 Å². The summed E-state index contributed by atoms with van der Waals surface area (Å²) in [5.41, 5.74) is 6.50. The maximum absolute atomic E-state index is 12.2. The van der Waals surface area contributed by atoms with Crippen molar-refractivity contribution in [2.45, 2.75) is 12.8 Å². The van der Waals surface area contributed by atoms with Gasteiger partial charge in [0.2, 0.25) is 0 Å². The third-order valence-corrected chi connectivity index (χ3v) is 4.74. The van der Waals surface area contributed by atoms with Gasteiger partial charge in [-0.2, -0.15) is 0 Å². The highest BCUT2D eigenvalue weighted by atomic mass is 127. The van der Waals surface area contributed by atoms with E-state index in [1.807, 2.05) is 16.3 Å². The number of hydrogen-bond acceptors (Lipinski definition) is 3. The standard InChI is InChI=1S/C11H15IN2OS.ClH/c12-10-4-9(7-16-10)11(15)14-3-1-2-8(5-13)6-14;/h4,7-8H,1-3,5-6,13H2;1H. The number of likely N-dealkylation sites (tertiary alicyclic amines) is 1. The zero-order valence-corrected chi connectivity index (χ0v) is 13.2. The molecule has 1 atom stereocenters. The smallest absolute Gasteiger partial charge is 0.254 e. The summed E-state index contributed by atoms with van der Waals surface area (Å²) in [5.74, 6) is 0.646. The molecular formula is C11H16ClIN2OS. The number of hydrogen-bond donors (Lipinski definition) is 1. The number of rotatable bonds is 2. The third kappa shape index (κ3) is 3.81. The van der Waals surface area contributed by atoms with Gasteiger partial charge in [0.25, 0.3) is 5.91 Å². The fraction of sp³-hybridized carbons (Fsp3) is 0.545. The Hall–Kier alpha value is 0.150. The number of piperidine rings is 1. The van der Waals surface area contributed by atoms with Crippen molar-refractivity contribution in [1.82, 2.24) is 4.90 Å². The first-order valence-electron chi connectivity index (χ1n) is 5.44. The van der Waals surface area contributed by atoms with Crippen LogP contribution in [0.4, 0.5) is 0 Å². The Morgan fingerprint density at radius 3 is 3.00 bits per heavy atom. The van der Waals surface area contributed by atoms with E-state index in [1.54, 1.807) is 11.3 Å². The molecule has 2 rings (SSSR count). The molecule has 1 amide bonds. The van der Waals surface area contributed by atoms with Crippen molar-refractivity contribution in [2.75, 3.05) is 19.6 Å². The molecule has 0 bridgehead atoms. The van der Waals surface area contributed by atoms with Crippen molar-refractivity contribution in [3.8, 4) is 0 Å². The lowest BCUT2D eigenvalue weighted by Crippen LogP contribution is -2.41. The number of nitrogens with zero attached hydrogens (tertiary/aromatic N) is 1. The van der Waals surface area contributed by atoms with Crippen LogP contribution >= 0.6 is 46.3 Å². The Morgan fingerprint density at radius 2 is 2.41 bits per heavy atom. The molecule has 1 unspecified atom stereocenters. The molecule has 0 spiro atoms. The van der Waals surface area contributed by atoms with Gasteiger partial charge < -0.3 is 10.6 Å². The molecule has 6 heteroatoms. The van der Waals surface area contributed by atoms with E-state index in [0.717, 1.165) is 34.4 Å². The molecule has 0 aliphatic carbocycles. The molecular weight excluding hydrogens is 371 g/mol. The predicted molar refractivity (Wildman–Crippen MR) is 82.0 cm³/mol. The molecule has 0 radical (unpaired) electrons. The normalized spacial score (nSPS) is 19.9. The number of thiophene rings is 1. The summed E-state index contributed by atoms with van der Waals surface area (Å²) in [6, 6.07) is 1.96. The molecule has 17 heavy (non-hydrogen) atoms. The fourth-order valence-corrected chi connectivity index (χ4v) is 3.37. The van der Waals surface area contributed by atoms with Crippen molar-refractivity contribution >= 4 is 52.2 Å². The third-order valence-electron chi connectivity index (χ3n) is 2.95. The zero-order chi connectivity index (χ0) is 11.5. The highest BCUT2D eigenvalue weighted by Gasteiger charge is 2.23. The minimum atomic E-state index is 0. The van der Waals surface area contributed by atoms with E-state index >= 15 is 0 Å². The van der Waals surface area contributed by atoms with E-state index in [0.29, 0.717) is 12.5 Å². The lowest BCUT2D eigenvalue weighted by atomic mass is 9.98. The van der Waals surface area contributed by atoms with Crippen molar-refractivity contribution < 1.29 is 4.79 Å². The average molecular weight is 387 g/mol. The quantitative estimate of drug-likeness (QED) is 0.794. The molecule has 3 nitrogen and oxygen atoms in total. The second kappa shape index (κ2) is 6.92. The van der Waals surface area contributed by atoms with Crippen LogP contribution in [0.1, 0.15) is 23.2 Å². The highest BCUT2D eigenvalue weighted by Crippen LogP contribution is 2.21. The number of halogens is 2. The summed E-state index contributed by atoms with van der Waals surface area (Å²) in [6.07, 6.45) is 2.23. The van der Waals surface area contributed by atoms with Crippen LogP contribution in [0.25, 0.3) is 0 Å². The summed E-state index contributed by atoms with van der Waals surface area (Å²) in [7, 11) is 0. The van der Waals surface area contributed by atoms with Gasteiger partial charge in [-0.15, -0.1) is 23.7 Å². The predicted octanol–water partition coefficient (Wildman–Crippen LogP) is 2.59. The lowest BCUT2D eigenvalue weighted by Gasteiger charge is -2.31. The molecule has 0 saturated carbocycles. The Labute approximate surface area is 125 Å².